The lowest BCUT2D eigenvalue weighted by molar-refractivity contribution is -0.139. The number of phenols is 1. The van der Waals surface area contributed by atoms with Crippen LogP contribution in [0.5, 0.6) is 34.5 Å². The average Bonchev–Trinajstić information content (AvgIpc) is 3.17. The van der Waals surface area contributed by atoms with Crippen molar-refractivity contribution in [3.8, 4) is 34.5 Å². The van der Waals surface area contributed by atoms with Crippen molar-refractivity contribution in [2.24, 2.45) is 0 Å². The number of phenolic OH excluding ortho intramolecular Hbond substituents is 1. The van der Waals surface area contributed by atoms with Gasteiger partial charge in [0.05, 0.1) is 18.2 Å². The number of ether oxygens (including phenoxy) is 8. The maximum atomic E-state index is 14.8. The molecule has 0 spiro atoms. The van der Waals surface area contributed by atoms with E-state index >= 15 is 0 Å². The van der Waals surface area contributed by atoms with Crippen LogP contribution in [0, 0.1) is 69.2 Å². The Kier molecular flexibility index (Phi) is 14.3. The van der Waals surface area contributed by atoms with Crippen LogP contribution in [0.2, 0.25) is 0 Å². The molecule has 1 N–H and O–H groups in total. The normalized spacial score (nSPS) is 11.3. The molecule has 0 fully saturated rings. The first-order valence-electron chi connectivity index (χ1n) is 18.3. The largest absolute Gasteiger partial charge is 0.506 e. The summed E-state index contributed by atoms with van der Waals surface area (Å²) in [6.07, 6.45) is -5.32. The predicted molar refractivity (Wildman–Crippen MR) is 211 cm³/mol. The zero-order chi connectivity index (χ0) is 45.1. The van der Waals surface area contributed by atoms with Crippen molar-refractivity contribution in [1.29, 1.82) is 0 Å². The van der Waals surface area contributed by atoms with Gasteiger partial charge < -0.3 is 43.0 Å². The maximum Gasteiger partial charge on any atom is 0.423 e. The molecule has 0 aliphatic carbocycles. The number of aromatic hydroxyl groups is 1. The summed E-state index contributed by atoms with van der Waals surface area (Å²) in [4.78, 5) is 53.8. The van der Waals surface area contributed by atoms with E-state index in [0.717, 1.165) is 0 Å². The van der Waals surface area contributed by atoms with Gasteiger partial charge in [-0.3, -0.25) is 0 Å². The number of carbonyl (C=O) groups excluding carboxylic acids is 4. The average molecular weight is 841 g/mol. The third kappa shape index (κ3) is 9.04. The fourth-order valence-corrected chi connectivity index (χ4v) is 6.78. The number of alkyl halides is 3. The number of aryl methyl sites for hydroxylation is 2. The first-order chi connectivity index (χ1) is 28.0. The topological polar surface area (TPSA) is 162 Å². The zero-order valence-electron chi connectivity index (χ0n) is 35.6. The summed E-state index contributed by atoms with van der Waals surface area (Å²) in [5, 5.41) is 11.2. The Bertz CT molecular complexity index is 2370. The molecule has 0 unspecified atom stereocenters. The SMILES string of the molecule is COCOC(=O)c1c(C)c(C)c(OC(=O)c2c(C)cc(OC(=O)c3c(C)c(C)c(OC(=O)c4c(C)cc(OCOC)cc4OC)c(C(F)(F)F)c3O)c(C)c2C)c(C)c1C. The Labute approximate surface area is 345 Å². The molecule has 60 heavy (non-hydrogen) atoms. The first-order valence-corrected chi connectivity index (χ1v) is 18.3. The summed E-state index contributed by atoms with van der Waals surface area (Å²) in [7, 11) is 4.03. The van der Waals surface area contributed by atoms with Crippen molar-refractivity contribution in [2.45, 2.75) is 75.4 Å². The van der Waals surface area contributed by atoms with Crippen LogP contribution in [0.4, 0.5) is 13.2 Å². The molecule has 0 aliphatic rings. The van der Waals surface area contributed by atoms with Crippen LogP contribution in [0.25, 0.3) is 0 Å². The van der Waals surface area contributed by atoms with Crippen molar-refractivity contribution in [1.82, 2.24) is 0 Å². The van der Waals surface area contributed by atoms with Crippen LogP contribution in [0.15, 0.2) is 18.2 Å². The van der Waals surface area contributed by atoms with Gasteiger partial charge in [-0.15, -0.1) is 0 Å². The molecule has 4 aromatic carbocycles. The fourth-order valence-electron chi connectivity index (χ4n) is 6.78. The van der Waals surface area contributed by atoms with E-state index < -0.39 is 52.7 Å². The second-order valence-corrected chi connectivity index (χ2v) is 14.1. The standard InChI is InChI=1S/C44H47F3O13/c1-19-14-29(56-17-53-11)16-31(55-13)33(19)42(51)60-39-28(10)25(7)35(37(48)36(39)44(45,46)47)43(52)58-30-15-20(2)32(22(4)21(30)3)41(50)59-38-26(8)23(5)34(24(6)27(38)9)40(49)57-18-54-12/h14-16,48H,17-18H2,1-13H3. The van der Waals surface area contributed by atoms with E-state index in [-0.39, 0.29) is 70.0 Å². The van der Waals surface area contributed by atoms with Crippen LogP contribution >= 0.6 is 0 Å². The number of hydrogen-bond acceptors (Lipinski definition) is 13. The molecular formula is C44H47F3O13. The number of benzene rings is 4. The van der Waals surface area contributed by atoms with E-state index in [1.165, 1.54) is 67.2 Å². The summed E-state index contributed by atoms with van der Waals surface area (Å²) in [6, 6.07) is 4.12. The number of rotatable bonds is 13. The molecule has 0 heterocycles. The van der Waals surface area contributed by atoms with Crippen molar-refractivity contribution in [3.05, 3.63) is 102 Å². The highest BCUT2D eigenvalue weighted by Crippen LogP contribution is 2.48. The Balaban J connectivity index is 1.71. The Morgan fingerprint density at radius 3 is 1.57 bits per heavy atom. The van der Waals surface area contributed by atoms with Gasteiger partial charge >= 0.3 is 30.1 Å². The lowest BCUT2D eigenvalue weighted by atomic mass is 9.92. The van der Waals surface area contributed by atoms with Gasteiger partial charge in [0.25, 0.3) is 0 Å². The van der Waals surface area contributed by atoms with Gasteiger partial charge in [-0.25, -0.2) is 19.2 Å². The lowest BCUT2D eigenvalue weighted by Crippen LogP contribution is -2.21. The molecule has 13 nitrogen and oxygen atoms in total. The minimum absolute atomic E-state index is 0.0644. The molecule has 16 heteroatoms. The summed E-state index contributed by atoms with van der Waals surface area (Å²) < 4.78 is 86.7. The molecule has 0 radical (unpaired) electrons. The Hall–Kier alpha value is -6.13. The van der Waals surface area contributed by atoms with Gasteiger partial charge in [0, 0.05) is 20.3 Å². The van der Waals surface area contributed by atoms with Crippen LogP contribution in [-0.4, -0.2) is 63.9 Å². The molecule has 0 amide bonds. The zero-order valence-corrected chi connectivity index (χ0v) is 35.6. The van der Waals surface area contributed by atoms with Crippen LogP contribution < -0.4 is 23.7 Å². The molecule has 0 saturated carbocycles. The van der Waals surface area contributed by atoms with Crippen LogP contribution in [0.1, 0.15) is 103 Å². The smallest absolute Gasteiger partial charge is 0.423 e. The minimum Gasteiger partial charge on any atom is -0.506 e. The molecular weight excluding hydrogens is 793 g/mol. The Morgan fingerprint density at radius 1 is 0.533 bits per heavy atom. The molecule has 0 aliphatic heterocycles. The number of esters is 4. The number of carbonyl (C=O) groups is 4. The number of hydrogen-bond donors (Lipinski definition) is 1. The highest BCUT2D eigenvalue weighted by molar-refractivity contribution is 6.00. The van der Waals surface area contributed by atoms with Gasteiger partial charge in [0.2, 0.25) is 0 Å². The Morgan fingerprint density at radius 2 is 1.02 bits per heavy atom. The van der Waals surface area contributed by atoms with E-state index in [4.69, 9.17) is 37.9 Å². The van der Waals surface area contributed by atoms with Gasteiger partial charge in [-0.1, -0.05) is 0 Å². The van der Waals surface area contributed by atoms with E-state index in [1.807, 2.05) is 0 Å². The lowest BCUT2D eigenvalue weighted by Gasteiger charge is -2.22. The van der Waals surface area contributed by atoms with E-state index in [2.05, 4.69) is 0 Å². The quantitative estimate of drug-likeness (QED) is 0.0772. The molecule has 322 valence electrons. The van der Waals surface area contributed by atoms with Gasteiger partial charge in [0.15, 0.2) is 13.6 Å². The second-order valence-electron chi connectivity index (χ2n) is 14.1. The number of halogens is 3. The van der Waals surface area contributed by atoms with Crippen LogP contribution in [0.3, 0.4) is 0 Å². The predicted octanol–water partition coefficient (Wildman–Crippen LogP) is 8.90. The van der Waals surface area contributed by atoms with Crippen molar-refractivity contribution >= 4 is 23.9 Å². The molecule has 0 saturated heterocycles. The fraction of sp³-hybridized carbons (Fsp3) is 0.364. The third-order valence-electron chi connectivity index (χ3n) is 10.4. The first kappa shape index (κ1) is 46.6. The van der Waals surface area contributed by atoms with Gasteiger partial charge in [-0.2, -0.15) is 13.2 Å². The van der Waals surface area contributed by atoms with Gasteiger partial charge in [0.1, 0.15) is 51.2 Å². The summed E-state index contributed by atoms with van der Waals surface area (Å²) >= 11 is 0. The molecule has 0 bridgehead atoms. The van der Waals surface area contributed by atoms with Crippen molar-refractivity contribution in [3.63, 3.8) is 0 Å². The van der Waals surface area contributed by atoms with Crippen molar-refractivity contribution < 1.29 is 75.4 Å². The summed E-state index contributed by atoms with van der Waals surface area (Å²) in [6.45, 7) is 15.0. The molecule has 4 rings (SSSR count). The van der Waals surface area contributed by atoms with E-state index in [1.54, 1.807) is 41.5 Å². The van der Waals surface area contributed by atoms with Gasteiger partial charge in [-0.05, 0) is 137 Å². The van der Waals surface area contributed by atoms with Crippen molar-refractivity contribution in [2.75, 3.05) is 34.9 Å². The number of methoxy groups -OCH3 is 3. The molecule has 0 atom stereocenters. The highest BCUT2D eigenvalue weighted by atomic mass is 19.4. The maximum absolute atomic E-state index is 14.8. The second kappa shape index (κ2) is 18.4. The summed E-state index contributed by atoms with van der Waals surface area (Å²) in [5.74, 6) is -6.16. The van der Waals surface area contributed by atoms with E-state index in [9.17, 15) is 37.5 Å². The highest BCUT2D eigenvalue weighted by Gasteiger charge is 2.43. The molecule has 4 aromatic rings. The monoisotopic (exact) mass is 840 g/mol. The molecule has 0 aromatic heterocycles. The third-order valence-corrected chi connectivity index (χ3v) is 10.4. The summed E-state index contributed by atoms with van der Waals surface area (Å²) in [5.41, 5.74) is 0.471. The minimum atomic E-state index is -5.32. The van der Waals surface area contributed by atoms with Crippen LogP contribution in [-0.2, 0) is 20.4 Å². The van der Waals surface area contributed by atoms with E-state index in [0.29, 0.717) is 38.9 Å².